The summed E-state index contributed by atoms with van der Waals surface area (Å²) in [5, 5.41) is 7.53. The van der Waals surface area contributed by atoms with E-state index in [1.165, 1.54) is 31.4 Å². The average Bonchev–Trinajstić information content (AvgIpc) is 3.22. The molecule has 0 spiro atoms. The third-order valence-corrected chi connectivity index (χ3v) is 6.79. The normalized spacial score (nSPS) is 11.8. The number of carbonyl (C=O) groups excluding carboxylic acids is 5. The van der Waals surface area contributed by atoms with E-state index in [9.17, 15) is 28.4 Å². The third-order valence-electron chi connectivity index (χ3n) is 5.49. The number of methoxy groups -OCH3 is 1. The second-order valence-corrected chi connectivity index (χ2v) is 10.6. The predicted octanol–water partition coefficient (Wildman–Crippen LogP) is 3.73. The van der Waals surface area contributed by atoms with Crippen molar-refractivity contribution in [1.29, 1.82) is 0 Å². The number of thiophene rings is 1. The van der Waals surface area contributed by atoms with Gasteiger partial charge in [0, 0.05) is 19.0 Å². The summed E-state index contributed by atoms with van der Waals surface area (Å²) < 4.78 is 23.3. The highest BCUT2D eigenvalue weighted by Crippen LogP contribution is 2.34. The quantitative estimate of drug-likeness (QED) is 0.215. The molecule has 0 fully saturated rings. The summed E-state index contributed by atoms with van der Waals surface area (Å²) in [5.41, 5.74) is 0.210. The highest BCUT2D eigenvalue weighted by Gasteiger charge is 2.32. The third kappa shape index (κ3) is 8.88. The number of carbonyl (C=O) groups is 5. The van der Waals surface area contributed by atoms with Gasteiger partial charge in [-0.1, -0.05) is 19.1 Å². The van der Waals surface area contributed by atoms with Crippen molar-refractivity contribution in [2.24, 2.45) is 0 Å². The Bertz CT molecular complexity index is 1220. The number of amides is 3. The van der Waals surface area contributed by atoms with Crippen molar-refractivity contribution in [2.45, 2.75) is 52.6 Å². The lowest BCUT2D eigenvalue weighted by Gasteiger charge is -2.19. The number of benzene rings is 1. The number of esters is 1. The van der Waals surface area contributed by atoms with Crippen LogP contribution in [0.5, 0.6) is 0 Å². The maximum absolute atomic E-state index is 13.5. The van der Waals surface area contributed by atoms with Crippen LogP contribution >= 0.6 is 11.3 Å². The summed E-state index contributed by atoms with van der Waals surface area (Å²) in [4.78, 5) is 62.8. The van der Waals surface area contributed by atoms with Gasteiger partial charge in [0.25, 0.3) is 5.91 Å². The van der Waals surface area contributed by atoms with E-state index in [0.29, 0.717) is 17.5 Å². The van der Waals surface area contributed by atoms with Crippen LogP contribution in [0.4, 0.5) is 9.18 Å². The maximum atomic E-state index is 13.5. The van der Waals surface area contributed by atoms with Crippen molar-refractivity contribution in [1.82, 2.24) is 16.0 Å². The highest BCUT2D eigenvalue weighted by atomic mass is 32.1. The number of hydrogen-bond acceptors (Lipinski definition) is 8. The molecule has 2 aromatic rings. The van der Waals surface area contributed by atoms with Gasteiger partial charge in [-0.25, -0.2) is 14.0 Å². The molecule has 0 saturated heterocycles. The standard InChI is InChI=1S/C27H34FN3O7S/c1-7-18(16-8-10-17(28)11-9-16)21(33)23-20(25(35)37-6)15(2)22(39-23)24(34)30-13-12-29-19(32)14-31-26(36)38-27(3,4)5/h8-11,18H,7,12-14H2,1-6H3,(H,29,32)(H,30,34)(H,31,36). The minimum absolute atomic E-state index is 0.0136. The van der Waals surface area contributed by atoms with E-state index in [0.717, 1.165) is 11.3 Å². The fourth-order valence-corrected chi connectivity index (χ4v) is 4.87. The Hall–Kier alpha value is -3.80. The van der Waals surface area contributed by atoms with Crippen LogP contribution in [0.15, 0.2) is 24.3 Å². The molecule has 0 aliphatic heterocycles. The van der Waals surface area contributed by atoms with Gasteiger partial charge in [0.1, 0.15) is 11.4 Å². The Balaban J connectivity index is 2.08. The Morgan fingerprint density at radius 1 is 0.974 bits per heavy atom. The van der Waals surface area contributed by atoms with Crippen LogP contribution in [-0.4, -0.2) is 62.0 Å². The number of ether oxygens (including phenoxy) is 2. The van der Waals surface area contributed by atoms with E-state index in [1.807, 2.05) is 0 Å². The number of nitrogens with one attached hydrogen (secondary N) is 3. The van der Waals surface area contributed by atoms with Gasteiger partial charge in [-0.2, -0.15) is 0 Å². The molecule has 0 aliphatic carbocycles. The van der Waals surface area contributed by atoms with Crippen LogP contribution in [0.1, 0.15) is 80.9 Å². The second kappa shape index (κ2) is 13.8. The van der Waals surface area contributed by atoms with E-state index in [2.05, 4.69) is 16.0 Å². The summed E-state index contributed by atoms with van der Waals surface area (Å²) in [5.74, 6) is -3.20. The largest absolute Gasteiger partial charge is 0.465 e. The lowest BCUT2D eigenvalue weighted by atomic mass is 9.90. The molecule has 3 amide bonds. The highest BCUT2D eigenvalue weighted by molar-refractivity contribution is 7.16. The predicted molar refractivity (Wildman–Crippen MR) is 144 cm³/mol. The molecule has 1 heterocycles. The Labute approximate surface area is 230 Å². The molecular weight excluding hydrogens is 529 g/mol. The number of ketones is 1. The fourth-order valence-electron chi connectivity index (χ4n) is 3.66. The SMILES string of the molecule is CCC(C(=O)c1sc(C(=O)NCCNC(=O)CNC(=O)OC(C)(C)C)c(C)c1C(=O)OC)c1ccc(F)cc1. The van der Waals surface area contributed by atoms with Crippen LogP contribution in [-0.2, 0) is 14.3 Å². The van der Waals surface area contributed by atoms with Crippen molar-refractivity contribution in [3.63, 3.8) is 0 Å². The van der Waals surface area contributed by atoms with Crippen LogP contribution < -0.4 is 16.0 Å². The maximum Gasteiger partial charge on any atom is 0.408 e. The Morgan fingerprint density at radius 2 is 1.59 bits per heavy atom. The molecule has 0 aliphatic rings. The average molecular weight is 564 g/mol. The molecule has 12 heteroatoms. The number of alkyl carbamates (subject to hydrolysis) is 1. The van der Waals surface area contributed by atoms with Crippen molar-refractivity contribution in [3.8, 4) is 0 Å². The molecule has 10 nitrogen and oxygen atoms in total. The molecule has 1 unspecified atom stereocenters. The lowest BCUT2D eigenvalue weighted by molar-refractivity contribution is -0.120. The fraction of sp³-hybridized carbons (Fsp3) is 0.444. The number of rotatable bonds is 11. The Kier molecular flexibility index (Phi) is 11.1. The zero-order chi connectivity index (χ0) is 29.3. The molecule has 0 bridgehead atoms. The van der Waals surface area contributed by atoms with E-state index >= 15 is 0 Å². The molecule has 2 rings (SSSR count). The second-order valence-electron chi connectivity index (χ2n) is 9.59. The van der Waals surface area contributed by atoms with Crippen molar-refractivity contribution in [3.05, 3.63) is 56.5 Å². The first-order valence-electron chi connectivity index (χ1n) is 12.3. The minimum atomic E-state index is -0.746. The summed E-state index contributed by atoms with van der Waals surface area (Å²) in [6.45, 7) is 8.28. The molecule has 3 N–H and O–H groups in total. The zero-order valence-corrected chi connectivity index (χ0v) is 23.7. The first kappa shape index (κ1) is 31.4. The van der Waals surface area contributed by atoms with Gasteiger partial charge in [0.15, 0.2) is 5.78 Å². The lowest BCUT2D eigenvalue weighted by Crippen LogP contribution is -2.42. The van der Waals surface area contributed by atoms with Gasteiger partial charge in [-0.3, -0.25) is 14.4 Å². The van der Waals surface area contributed by atoms with Gasteiger partial charge in [0.2, 0.25) is 5.91 Å². The smallest absolute Gasteiger partial charge is 0.408 e. The Morgan fingerprint density at radius 3 is 2.15 bits per heavy atom. The number of Topliss-reactive ketones (excluding diaryl/α,β-unsaturated/α-hetero) is 1. The molecule has 212 valence electrons. The first-order valence-corrected chi connectivity index (χ1v) is 13.1. The van der Waals surface area contributed by atoms with Crippen LogP contribution in [0, 0.1) is 12.7 Å². The van der Waals surface area contributed by atoms with Crippen molar-refractivity contribution in [2.75, 3.05) is 26.7 Å². The van der Waals surface area contributed by atoms with Crippen LogP contribution in [0.2, 0.25) is 0 Å². The molecule has 1 atom stereocenters. The molecule has 0 saturated carbocycles. The molecular formula is C27H34FN3O7S. The van der Waals surface area contributed by atoms with Crippen molar-refractivity contribution < 1.29 is 37.8 Å². The molecule has 0 radical (unpaired) electrons. The van der Waals surface area contributed by atoms with Gasteiger partial charge < -0.3 is 25.4 Å². The van der Waals surface area contributed by atoms with Crippen LogP contribution in [0.25, 0.3) is 0 Å². The number of halogens is 1. The van der Waals surface area contributed by atoms with Gasteiger partial charge >= 0.3 is 12.1 Å². The van der Waals surface area contributed by atoms with E-state index < -0.39 is 41.2 Å². The van der Waals surface area contributed by atoms with Crippen LogP contribution in [0.3, 0.4) is 0 Å². The topological polar surface area (TPSA) is 140 Å². The number of hydrogen-bond donors (Lipinski definition) is 3. The van der Waals surface area contributed by atoms with E-state index in [1.54, 1.807) is 34.6 Å². The van der Waals surface area contributed by atoms with Gasteiger partial charge in [0.05, 0.1) is 29.0 Å². The van der Waals surface area contributed by atoms with E-state index in [4.69, 9.17) is 9.47 Å². The molecule has 1 aromatic heterocycles. The summed E-state index contributed by atoms with van der Waals surface area (Å²) in [6.07, 6.45) is -0.331. The molecule has 1 aromatic carbocycles. The minimum Gasteiger partial charge on any atom is -0.465 e. The summed E-state index contributed by atoms with van der Waals surface area (Å²) in [6, 6.07) is 5.56. The van der Waals surface area contributed by atoms with Gasteiger partial charge in [-0.05, 0) is 57.4 Å². The molecule has 39 heavy (non-hydrogen) atoms. The monoisotopic (exact) mass is 563 g/mol. The zero-order valence-electron chi connectivity index (χ0n) is 22.9. The summed E-state index contributed by atoms with van der Waals surface area (Å²) >= 11 is 0.882. The van der Waals surface area contributed by atoms with E-state index in [-0.39, 0.29) is 40.7 Å². The van der Waals surface area contributed by atoms with Crippen molar-refractivity contribution >= 4 is 41.0 Å². The van der Waals surface area contributed by atoms with Gasteiger partial charge in [-0.15, -0.1) is 11.3 Å². The summed E-state index contributed by atoms with van der Waals surface area (Å²) in [7, 11) is 1.19. The first-order chi connectivity index (χ1) is 18.3.